The van der Waals surface area contributed by atoms with E-state index in [1.54, 1.807) is 0 Å². The van der Waals surface area contributed by atoms with E-state index in [1.807, 2.05) is 25.9 Å². The second-order valence-electron chi connectivity index (χ2n) is 5.98. The summed E-state index contributed by atoms with van der Waals surface area (Å²) in [6.07, 6.45) is 3.45. The molecule has 6 nitrogen and oxygen atoms in total. The van der Waals surface area contributed by atoms with Gasteiger partial charge in [-0.05, 0) is 33.9 Å². The summed E-state index contributed by atoms with van der Waals surface area (Å²) in [7, 11) is 3.92. The molecule has 108 valence electrons. The van der Waals surface area contributed by atoms with E-state index in [-0.39, 0.29) is 0 Å². The van der Waals surface area contributed by atoms with E-state index in [2.05, 4.69) is 20.1 Å². The molecule has 1 aliphatic rings. The Labute approximate surface area is 114 Å². The molecule has 0 spiro atoms. The highest BCUT2D eigenvalue weighted by molar-refractivity contribution is 4.98. The van der Waals surface area contributed by atoms with Crippen LogP contribution in [0, 0.1) is 0 Å². The topological polar surface area (TPSA) is 66.2 Å². The molecule has 2 N–H and O–H groups in total. The molecule has 2 rings (SSSR count). The number of aliphatic hydroxyl groups is 1. The van der Waals surface area contributed by atoms with Crippen LogP contribution >= 0.6 is 0 Å². The van der Waals surface area contributed by atoms with Crippen molar-refractivity contribution in [1.29, 1.82) is 0 Å². The van der Waals surface area contributed by atoms with Crippen molar-refractivity contribution in [3.8, 4) is 0 Å². The van der Waals surface area contributed by atoms with Crippen LogP contribution in [0.5, 0.6) is 0 Å². The summed E-state index contributed by atoms with van der Waals surface area (Å²) in [6.45, 7) is 4.72. The average molecular weight is 267 g/mol. The van der Waals surface area contributed by atoms with Crippen LogP contribution in [0.4, 0.5) is 0 Å². The minimum Gasteiger partial charge on any atom is -0.388 e. The monoisotopic (exact) mass is 267 g/mol. The van der Waals surface area contributed by atoms with E-state index in [0.717, 1.165) is 24.6 Å². The van der Waals surface area contributed by atoms with Gasteiger partial charge in [-0.15, -0.1) is 10.2 Å². The molecule has 0 bridgehead atoms. The maximum atomic E-state index is 10.2. The Bertz CT molecular complexity index is 413. The predicted octanol–water partition coefficient (Wildman–Crippen LogP) is 0.0166. The van der Waals surface area contributed by atoms with Gasteiger partial charge in [-0.3, -0.25) is 0 Å². The highest BCUT2D eigenvalue weighted by Crippen LogP contribution is 2.14. The quantitative estimate of drug-likeness (QED) is 0.760. The van der Waals surface area contributed by atoms with Gasteiger partial charge >= 0.3 is 0 Å². The van der Waals surface area contributed by atoms with Crippen LogP contribution in [0.1, 0.15) is 31.4 Å². The number of hydrogen-bond donors (Lipinski definition) is 2. The zero-order chi connectivity index (χ0) is 13.9. The van der Waals surface area contributed by atoms with Crippen LogP contribution in [0.2, 0.25) is 0 Å². The van der Waals surface area contributed by atoms with Crippen molar-refractivity contribution in [2.24, 2.45) is 0 Å². The fourth-order valence-electron chi connectivity index (χ4n) is 2.68. The molecule has 0 fully saturated rings. The molecular formula is C13H25N5O. The molecule has 2 heterocycles. The smallest absolute Gasteiger partial charge is 0.147 e. The van der Waals surface area contributed by atoms with E-state index in [1.165, 1.54) is 12.8 Å². The lowest BCUT2D eigenvalue weighted by Gasteiger charge is -2.27. The molecule has 0 aromatic carbocycles. The molecule has 0 aliphatic carbocycles. The fraction of sp³-hybridized carbons (Fsp3) is 0.846. The Morgan fingerprint density at radius 2 is 2.16 bits per heavy atom. The lowest BCUT2D eigenvalue weighted by Crippen LogP contribution is -2.45. The van der Waals surface area contributed by atoms with E-state index in [9.17, 15) is 5.11 Å². The molecule has 1 aromatic heterocycles. The lowest BCUT2D eigenvalue weighted by atomic mass is 10.1. The number of hydrogen-bond acceptors (Lipinski definition) is 5. The molecule has 0 radical (unpaired) electrons. The Kier molecular flexibility index (Phi) is 4.54. The van der Waals surface area contributed by atoms with Crippen LogP contribution in [0.3, 0.4) is 0 Å². The lowest BCUT2D eigenvalue weighted by molar-refractivity contribution is 0.0334. The molecule has 19 heavy (non-hydrogen) atoms. The van der Waals surface area contributed by atoms with Crippen LogP contribution < -0.4 is 5.32 Å². The molecule has 0 amide bonds. The molecule has 1 unspecified atom stereocenters. The molecule has 6 heteroatoms. The highest BCUT2D eigenvalue weighted by atomic mass is 16.3. The Morgan fingerprint density at radius 3 is 2.89 bits per heavy atom. The van der Waals surface area contributed by atoms with Gasteiger partial charge in [0.2, 0.25) is 0 Å². The third kappa shape index (κ3) is 3.99. The first-order valence-electron chi connectivity index (χ1n) is 6.97. The van der Waals surface area contributed by atoms with Crippen molar-refractivity contribution in [1.82, 2.24) is 25.0 Å². The molecule has 0 saturated carbocycles. The van der Waals surface area contributed by atoms with E-state index < -0.39 is 5.60 Å². The third-order valence-corrected chi connectivity index (χ3v) is 3.38. The second kappa shape index (κ2) is 5.98. The number of nitrogens with one attached hydrogen (secondary N) is 1. The zero-order valence-electron chi connectivity index (χ0n) is 12.2. The summed E-state index contributed by atoms with van der Waals surface area (Å²) in [5.41, 5.74) is -0.728. The van der Waals surface area contributed by atoms with Gasteiger partial charge < -0.3 is 19.9 Å². The fourth-order valence-corrected chi connectivity index (χ4v) is 2.68. The molecule has 0 saturated heterocycles. The molecule has 1 aliphatic heterocycles. The van der Waals surface area contributed by atoms with Crippen molar-refractivity contribution >= 4 is 0 Å². The van der Waals surface area contributed by atoms with Crippen LogP contribution in [-0.4, -0.2) is 57.6 Å². The van der Waals surface area contributed by atoms with Gasteiger partial charge in [0.15, 0.2) is 0 Å². The van der Waals surface area contributed by atoms with Gasteiger partial charge in [0.1, 0.15) is 11.6 Å². The van der Waals surface area contributed by atoms with Gasteiger partial charge in [0.25, 0.3) is 0 Å². The standard InChI is InChI=1S/C13H25N5O/c1-13(19,10-17(2)3)9-14-8-12-16-15-11-6-4-5-7-18(11)12/h14,19H,4-10H2,1-3H3. The van der Waals surface area contributed by atoms with E-state index >= 15 is 0 Å². The number of aryl methyl sites for hydroxylation is 1. The Hall–Kier alpha value is -0.980. The first kappa shape index (κ1) is 14.4. The van der Waals surface area contributed by atoms with E-state index in [4.69, 9.17) is 0 Å². The van der Waals surface area contributed by atoms with Crippen LogP contribution in [0.25, 0.3) is 0 Å². The number of fused-ring (bicyclic) bond motifs is 1. The van der Waals surface area contributed by atoms with Crippen molar-refractivity contribution in [2.75, 3.05) is 27.2 Å². The number of likely N-dealkylation sites (N-methyl/N-ethyl adjacent to an activating group) is 1. The van der Waals surface area contributed by atoms with Gasteiger partial charge in [0, 0.05) is 26.1 Å². The highest BCUT2D eigenvalue weighted by Gasteiger charge is 2.21. The van der Waals surface area contributed by atoms with Gasteiger partial charge in [-0.1, -0.05) is 0 Å². The van der Waals surface area contributed by atoms with Gasteiger partial charge in [-0.25, -0.2) is 0 Å². The minimum absolute atomic E-state index is 0.549. The first-order chi connectivity index (χ1) is 8.98. The van der Waals surface area contributed by atoms with Gasteiger partial charge in [-0.2, -0.15) is 0 Å². The predicted molar refractivity (Wildman–Crippen MR) is 73.8 cm³/mol. The molecule has 1 aromatic rings. The van der Waals surface area contributed by atoms with E-state index in [0.29, 0.717) is 19.6 Å². The Morgan fingerprint density at radius 1 is 1.37 bits per heavy atom. The number of nitrogens with zero attached hydrogens (tertiary/aromatic N) is 4. The van der Waals surface area contributed by atoms with Crippen molar-refractivity contribution in [3.05, 3.63) is 11.6 Å². The summed E-state index contributed by atoms with van der Waals surface area (Å²) in [4.78, 5) is 1.99. The van der Waals surface area contributed by atoms with Crippen molar-refractivity contribution < 1.29 is 5.11 Å². The minimum atomic E-state index is -0.728. The molecule has 1 atom stereocenters. The summed E-state index contributed by atoms with van der Waals surface area (Å²) in [6, 6.07) is 0. The summed E-state index contributed by atoms with van der Waals surface area (Å²) < 4.78 is 2.21. The normalized spacial score (nSPS) is 18.4. The maximum absolute atomic E-state index is 10.2. The third-order valence-electron chi connectivity index (χ3n) is 3.38. The summed E-state index contributed by atoms with van der Waals surface area (Å²) in [5.74, 6) is 2.08. The summed E-state index contributed by atoms with van der Waals surface area (Å²) in [5, 5.41) is 21.9. The maximum Gasteiger partial charge on any atom is 0.147 e. The first-order valence-corrected chi connectivity index (χ1v) is 6.97. The largest absolute Gasteiger partial charge is 0.388 e. The second-order valence-corrected chi connectivity index (χ2v) is 5.98. The molecular weight excluding hydrogens is 242 g/mol. The SMILES string of the molecule is CN(C)CC(C)(O)CNCc1nnc2n1CCCC2. The average Bonchev–Trinajstić information content (AvgIpc) is 2.71. The number of rotatable bonds is 6. The Balaban J connectivity index is 1.84. The van der Waals surface area contributed by atoms with Gasteiger partial charge in [0.05, 0.1) is 12.1 Å². The van der Waals surface area contributed by atoms with Crippen LogP contribution in [0.15, 0.2) is 0 Å². The zero-order valence-corrected chi connectivity index (χ0v) is 12.2. The van der Waals surface area contributed by atoms with Crippen LogP contribution in [-0.2, 0) is 19.5 Å². The summed E-state index contributed by atoms with van der Waals surface area (Å²) >= 11 is 0. The van der Waals surface area contributed by atoms with Crippen molar-refractivity contribution in [3.63, 3.8) is 0 Å². The number of aromatic nitrogens is 3. The van der Waals surface area contributed by atoms with Crippen molar-refractivity contribution in [2.45, 2.75) is 44.9 Å².